The van der Waals surface area contributed by atoms with Crippen molar-refractivity contribution in [2.75, 3.05) is 14.2 Å². The Morgan fingerprint density at radius 1 is 1.28 bits per heavy atom. The summed E-state index contributed by atoms with van der Waals surface area (Å²) in [5.74, 6) is -1.29. The van der Waals surface area contributed by atoms with Gasteiger partial charge in [0.1, 0.15) is 0 Å². The Kier molecular flexibility index (Phi) is 3.63. The van der Waals surface area contributed by atoms with Gasteiger partial charge in [0.15, 0.2) is 5.69 Å². The second kappa shape index (κ2) is 5.03. The Bertz CT molecular complexity index is 637. The summed E-state index contributed by atoms with van der Waals surface area (Å²) in [6, 6.07) is 1.58. The highest BCUT2D eigenvalue weighted by atomic mass is 79.9. The first-order valence-corrected chi connectivity index (χ1v) is 6.50. The SMILES string of the molecule is COC(=O)c1cc2scc(Br)c2nc1C(=O)OC. The van der Waals surface area contributed by atoms with Gasteiger partial charge in [-0.05, 0) is 22.0 Å². The van der Waals surface area contributed by atoms with Crippen LogP contribution < -0.4 is 0 Å². The fraction of sp³-hybridized carbons (Fsp3) is 0.182. The minimum atomic E-state index is -0.671. The van der Waals surface area contributed by atoms with E-state index in [0.717, 1.165) is 9.17 Å². The van der Waals surface area contributed by atoms with E-state index in [1.807, 2.05) is 5.38 Å². The number of methoxy groups -OCH3 is 2. The number of ether oxygens (including phenoxy) is 2. The maximum Gasteiger partial charge on any atom is 0.357 e. The normalized spacial score (nSPS) is 10.4. The van der Waals surface area contributed by atoms with Crippen LogP contribution in [-0.2, 0) is 9.47 Å². The van der Waals surface area contributed by atoms with Crippen molar-refractivity contribution in [1.82, 2.24) is 4.98 Å². The Morgan fingerprint density at radius 3 is 2.56 bits per heavy atom. The molecule has 0 atom stereocenters. The number of fused-ring (bicyclic) bond motifs is 1. The average molecular weight is 330 g/mol. The third kappa shape index (κ3) is 2.11. The second-order valence-corrected chi connectivity index (χ2v) is 5.06. The minimum Gasteiger partial charge on any atom is -0.465 e. The van der Waals surface area contributed by atoms with Gasteiger partial charge in [-0.25, -0.2) is 14.6 Å². The van der Waals surface area contributed by atoms with Crippen LogP contribution in [0.25, 0.3) is 10.2 Å². The van der Waals surface area contributed by atoms with Crippen molar-refractivity contribution < 1.29 is 19.1 Å². The lowest BCUT2D eigenvalue weighted by atomic mass is 10.2. The van der Waals surface area contributed by atoms with Crippen molar-refractivity contribution in [3.8, 4) is 0 Å². The molecule has 0 saturated heterocycles. The van der Waals surface area contributed by atoms with E-state index < -0.39 is 11.9 Å². The van der Waals surface area contributed by atoms with Gasteiger partial charge in [0.05, 0.1) is 34.5 Å². The molecule has 0 aliphatic carbocycles. The third-order valence-corrected chi connectivity index (χ3v) is 4.11. The molecule has 18 heavy (non-hydrogen) atoms. The molecule has 0 bridgehead atoms. The van der Waals surface area contributed by atoms with Gasteiger partial charge in [0.25, 0.3) is 0 Å². The maximum atomic E-state index is 11.6. The van der Waals surface area contributed by atoms with Crippen LogP contribution in [0.5, 0.6) is 0 Å². The van der Waals surface area contributed by atoms with Crippen molar-refractivity contribution in [3.05, 3.63) is 27.2 Å². The van der Waals surface area contributed by atoms with Gasteiger partial charge in [-0.2, -0.15) is 0 Å². The van der Waals surface area contributed by atoms with E-state index in [2.05, 4.69) is 30.4 Å². The van der Waals surface area contributed by atoms with E-state index >= 15 is 0 Å². The number of carbonyl (C=O) groups excluding carboxylic acids is 2. The van der Waals surface area contributed by atoms with Gasteiger partial charge in [-0.3, -0.25) is 0 Å². The number of thiophene rings is 1. The summed E-state index contributed by atoms with van der Waals surface area (Å²) in [6.45, 7) is 0. The molecule has 0 N–H and O–H groups in total. The fourth-order valence-electron chi connectivity index (χ4n) is 1.44. The summed E-state index contributed by atoms with van der Waals surface area (Å²) in [5.41, 5.74) is 0.676. The Morgan fingerprint density at radius 2 is 1.94 bits per heavy atom. The van der Waals surface area contributed by atoms with Crippen LogP contribution in [0.4, 0.5) is 0 Å². The molecule has 2 aromatic heterocycles. The molecule has 0 aliphatic heterocycles. The molecule has 94 valence electrons. The van der Waals surface area contributed by atoms with E-state index in [4.69, 9.17) is 0 Å². The van der Waals surface area contributed by atoms with Crippen LogP contribution in [0, 0.1) is 0 Å². The summed E-state index contributed by atoms with van der Waals surface area (Å²) in [6.07, 6.45) is 0. The number of nitrogens with zero attached hydrogens (tertiary/aromatic N) is 1. The number of hydrogen-bond acceptors (Lipinski definition) is 6. The van der Waals surface area contributed by atoms with Crippen LogP contribution >= 0.6 is 27.3 Å². The smallest absolute Gasteiger partial charge is 0.357 e. The minimum absolute atomic E-state index is 0.0454. The molecule has 0 radical (unpaired) electrons. The average Bonchev–Trinajstić information content (AvgIpc) is 2.76. The highest BCUT2D eigenvalue weighted by molar-refractivity contribution is 9.10. The summed E-state index contributed by atoms with van der Waals surface area (Å²) in [4.78, 5) is 27.4. The summed E-state index contributed by atoms with van der Waals surface area (Å²) >= 11 is 4.75. The zero-order chi connectivity index (χ0) is 13.3. The van der Waals surface area contributed by atoms with Gasteiger partial charge >= 0.3 is 11.9 Å². The molecule has 5 nitrogen and oxygen atoms in total. The molecule has 0 saturated carbocycles. The lowest BCUT2D eigenvalue weighted by Gasteiger charge is -2.05. The number of aromatic nitrogens is 1. The molecule has 2 rings (SSSR count). The highest BCUT2D eigenvalue weighted by Crippen LogP contribution is 2.30. The molecule has 0 aromatic carbocycles. The summed E-state index contributed by atoms with van der Waals surface area (Å²) in [5, 5.41) is 1.83. The van der Waals surface area contributed by atoms with E-state index in [-0.39, 0.29) is 11.3 Å². The number of esters is 2. The summed E-state index contributed by atoms with van der Waals surface area (Å²) in [7, 11) is 2.48. The molecule has 0 spiro atoms. The van der Waals surface area contributed by atoms with Crippen molar-refractivity contribution in [1.29, 1.82) is 0 Å². The Labute approximate surface area is 115 Å². The van der Waals surface area contributed by atoms with Crippen LogP contribution in [0.2, 0.25) is 0 Å². The molecule has 0 aliphatic rings. The monoisotopic (exact) mass is 329 g/mol. The quantitative estimate of drug-likeness (QED) is 0.792. The number of halogens is 1. The van der Waals surface area contributed by atoms with Gasteiger partial charge in [-0.1, -0.05) is 0 Å². The molecular weight excluding hydrogens is 322 g/mol. The van der Waals surface area contributed by atoms with E-state index in [1.54, 1.807) is 6.07 Å². The van der Waals surface area contributed by atoms with Crippen molar-refractivity contribution >= 4 is 49.4 Å². The van der Waals surface area contributed by atoms with E-state index in [0.29, 0.717) is 5.52 Å². The third-order valence-electron chi connectivity index (χ3n) is 2.29. The van der Waals surface area contributed by atoms with Gasteiger partial charge in [0, 0.05) is 5.38 Å². The van der Waals surface area contributed by atoms with Crippen LogP contribution in [-0.4, -0.2) is 31.1 Å². The van der Waals surface area contributed by atoms with Crippen molar-refractivity contribution in [2.45, 2.75) is 0 Å². The van der Waals surface area contributed by atoms with Crippen molar-refractivity contribution in [3.63, 3.8) is 0 Å². The first-order valence-electron chi connectivity index (χ1n) is 4.83. The predicted molar refractivity (Wildman–Crippen MR) is 70.0 cm³/mol. The zero-order valence-corrected chi connectivity index (χ0v) is 11.9. The first kappa shape index (κ1) is 13.0. The maximum absolute atomic E-state index is 11.6. The fourth-order valence-corrected chi connectivity index (χ4v) is 2.95. The second-order valence-electron chi connectivity index (χ2n) is 3.30. The molecule has 0 fully saturated rings. The molecule has 0 amide bonds. The number of pyridine rings is 1. The van der Waals surface area contributed by atoms with Crippen molar-refractivity contribution in [2.24, 2.45) is 0 Å². The van der Waals surface area contributed by atoms with Gasteiger partial charge in [0.2, 0.25) is 0 Å². The van der Waals surface area contributed by atoms with E-state index in [9.17, 15) is 9.59 Å². The predicted octanol–water partition coefficient (Wildman–Crippen LogP) is 2.63. The first-order chi connectivity index (χ1) is 8.58. The number of carbonyl (C=O) groups is 2. The van der Waals surface area contributed by atoms with Crippen LogP contribution in [0.15, 0.2) is 15.9 Å². The molecule has 0 unspecified atom stereocenters. The Hall–Kier alpha value is -1.47. The highest BCUT2D eigenvalue weighted by Gasteiger charge is 2.22. The molecule has 2 heterocycles. The number of rotatable bonds is 2. The number of hydrogen-bond donors (Lipinski definition) is 0. The lowest BCUT2D eigenvalue weighted by Crippen LogP contribution is -2.13. The standard InChI is InChI=1S/C11H8BrNO4S/c1-16-10(14)5-3-7-9(6(12)4-18-7)13-8(5)11(15)17-2/h3-4H,1-2H3. The lowest BCUT2D eigenvalue weighted by molar-refractivity contribution is 0.0550. The molecule has 2 aromatic rings. The van der Waals surface area contributed by atoms with E-state index in [1.165, 1.54) is 25.6 Å². The zero-order valence-electron chi connectivity index (χ0n) is 9.52. The largest absolute Gasteiger partial charge is 0.465 e. The van der Waals surface area contributed by atoms with Gasteiger partial charge in [-0.15, -0.1) is 11.3 Å². The van der Waals surface area contributed by atoms with Gasteiger partial charge < -0.3 is 9.47 Å². The topological polar surface area (TPSA) is 65.5 Å². The Balaban J connectivity index is 2.73. The summed E-state index contributed by atoms with van der Waals surface area (Å²) < 4.78 is 10.8. The van der Waals surface area contributed by atoms with Crippen LogP contribution in [0.3, 0.4) is 0 Å². The molecule has 7 heteroatoms. The molecular formula is C11H8BrNO4S. The van der Waals surface area contributed by atoms with Crippen LogP contribution in [0.1, 0.15) is 20.8 Å².